The molecule has 10 rings (SSSR count). The fraction of sp³-hybridized carbons (Fsp3) is 0.407. The van der Waals surface area contributed by atoms with E-state index in [-0.39, 0.29) is 5.60 Å². The van der Waals surface area contributed by atoms with Crippen molar-refractivity contribution in [1.29, 1.82) is 0 Å². The van der Waals surface area contributed by atoms with Crippen molar-refractivity contribution in [2.75, 3.05) is 6.61 Å². The Morgan fingerprint density at radius 2 is 1.02 bits per heavy atom. The lowest BCUT2D eigenvalue weighted by atomic mass is 9.54. The van der Waals surface area contributed by atoms with Crippen molar-refractivity contribution in [3.8, 4) is 17.2 Å². The molecule has 4 aliphatic carbocycles. The van der Waals surface area contributed by atoms with E-state index in [9.17, 15) is 0 Å². The third-order valence-corrected chi connectivity index (χ3v) is 13.6. The van der Waals surface area contributed by atoms with E-state index < -0.39 is 0 Å². The van der Waals surface area contributed by atoms with E-state index >= 15 is 0 Å². The average Bonchev–Trinajstić information content (AvgIpc) is 3.21. The molecular formula is C54H60O3. The fourth-order valence-corrected chi connectivity index (χ4v) is 11.0. The lowest BCUT2D eigenvalue weighted by Crippen LogP contribution is -2.53. The van der Waals surface area contributed by atoms with Crippen LogP contribution >= 0.6 is 0 Å². The van der Waals surface area contributed by atoms with Gasteiger partial charge in [-0.3, -0.25) is 0 Å². The van der Waals surface area contributed by atoms with Crippen molar-refractivity contribution in [2.24, 2.45) is 23.7 Å². The van der Waals surface area contributed by atoms with E-state index in [1.165, 1.54) is 82.3 Å². The summed E-state index contributed by atoms with van der Waals surface area (Å²) in [5.74, 6) is 7.31. The zero-order valence-corrected chi connectivity index (χ0v) is 34.5. The molecule has 0 N–H and O–H groups in total. The van der Waals surface area contributed by atoms with Gasteiger partial charge in [0.05, 0.1) is 6.61 Å². The van der Waals surface area contributed by atoms with E-state index in [4.69, 9.17) is 14.2 Å². The van der Waals surface area contributed by atoms with Gasteiger partial charge in [-0.2, -0.15) is 0 Å². The minimum atomic E-state index is 0.0752. The summed E-state index contributed by atoms with van der Waals surface area (Å²) in [7, 11) is 0. The highest BCUT2D eigenvalue weighted by Crippen LogP contribution is 2.57. The van der Waals surface area contributed by atoms with E-state index in [1.54, 1.807) is 0 Å². The van der Waals surface area contributed by atoms with Gasteiger partial charge >= 0.3 is 0 Å². The maximum atomic E-state index is 6.97. The summed E-state index contributed by atoms with van der Waals surface area (Å²) in [5, 5.41) is 4.96. The molecule has 3 nitrogen and oxygen atoms in total. The quantitative estimate of drug-likeness (QED) is 0.0977. The molecule has 4 aliphatic rings. The van der Waals surface area contributed by atoms with Gasteiger partial charge in [0.25, 0.3) is 0 Å². The summed E-state index contributed by atoms with van der Waals surface area (Å²) in [4.78, 5) is 0. The summed E-state index contributed by atoms with van der Waals surface area (Å²) < 4.78 is 19.3. The predicted octanol–water partition coefficient (Wildman–Crippen LogP) is 14.4. The van der Waals surface area contributed by atoms with Gasteiger partial charge in [-0.05, 0) is 185 Å². The van der Waals surface area contributed by atoms with Crippen molar-refractivity contribution in [3.05, 3.63) is 150 Å². The lowest BCUT2D eigenvalue weighted by Gasteiger charge is -2.56. The zero-order chi connectivity index (χ0) is 38.9. The van der Waals surface area contributed by atoms with Gasteiger partial charge in [0.2, 0.25) is 0 Å². The van der Waals surface area contributed by atoms with Crippen LogP contribution in [-0.4, -0.2) is 12.2 Å². The lowest BCUT2D eigenvalue weighted by molar-refractivity contribution is -0.107. The predicted molar refractivity (Wildman–Crippen MR) is 236 cm³/mol. The average molecular weight is 757 g/mol. The van der Waals surface area contributed by atoms with E-state index in [2.05, 4.69) is 155 Å². The van der Waals surface area contributed by atoms with Gasteiger partial charge in [-0.25, -0.2) is 0 Å². The summed E-state index contributed by atoms with van der Waals surface area (Å²) in [6.07, 6.45) is 10.2. The molecule has 4 fully saturated rings. The second-order valence-corrected chi connectivity index (χ2v) is 18.8. The van der Waals surface area contributed by atoms with E-state index in [1.807, 2.05) is 0 Å². The first kappa shape index (κ1) is 37.8. The molecule has 3 atom stereocenters. The van der Waals surface area contributed by atoms with Crippen LogP contribution in [0.2, 0.25) is 0 Å². The van der Waals surface area contributed by atoms with Crippen molar-refractivity contribution < 1.29 is 14.2 Å². The molecular weight excluding hydrogens is 697 g/mol. The first-order chi connectivity index (χ1) is 27.7. The third kappa shape index (κ3) is 8.74. The van der Waals surface area contributed by atoms with E-state index in [0.29, 0.717) is 30.3 Å². The van der Waals surface area contributed by atoms with Crippen LogP contribution in [0.4, 0.5) is 0 Å². The molecule has 6 aromatic rings. The van der Waals surface area contributed by atoms with Crippen LogP contribution in [0.3, 0.4) is 0 Å². The van der Waals surface area contributed by atoms with Gasteiger partial charge < -0.3 is 14.2 Å². The van der Waals surface area contributed by atoms with E-state index in [0.717, 1.165) is 54.5 Å². The normalized spacial score (nSPS) is 22.8. The Labute approximate surface area is 340 Å². The monoisotopic (exact) mass is 756 g/mol. The molecule has 0 aliphatic heterocycles. The molecule has 57 heavy (non-hydrogen) atoms. The maximum absolute atomic E-state index is 6.97. The highest BCUT2D eigenvalue weighted by molar-refractivity contribution is 5.98. The van der Waals surface area contributed by atoms with Crippen LogP contribution in [0.25, 0.3) is 21.5 Å². The topological polar surface area (TPSA) is 27.7 Å². The molecule has 3 heteroatoms. The molecule has 6 aromatic carbocycles. The van der Waals surface area contributed by atoms with Crippen molar-refractivity contribution >= 4 is 21.5 Å². The number of rotatable bonds is 15. The summed E-state index contributed by atoms with van der Waals surface area (Å²) in [5.41, 5.74) is 5.42. The number of fused-ring (bicyclic) bond motifs is 2. The highest BCUT2D eigenvalue weighted by Gasteiger charge is 2.52. The Bertz CT molecular complexity index is 2230. The standard InChI is InChI=1S/C54H60O3/c1-36(2)34-55-51-18-13-44(14-19-51)38(4)24-49(45-15-20-52(21-16-45)57-54-31-40-25-41(32-54)27-42(26-40)33-54)23-37(3)43-11-9-39(10-12-43)35-56-53-22-17-48-28-46-7-5-6-8-47(46)29-50(48)30-53/h5-22,28-30,36-38,40-42,49H,23-27,31-35H2,1-4H3. The second kappa shape index (κ2) is 16.2. The largest absolute Gasteiger partial charge is 0.493 e. The highest BCUT2D eigenvalue weighted by atomic mass is 16.5. The van der Waals surface area contributed by atoms with Gasteiger partial charge in [0.15, 0.2) is 0 Å². The molecule has 4 bridgehead atoms. The Balaban J connectivity index is 0.879. The summed E-state index contributed by atoms with van der Waals surface area (Å²) in [6.45, 7) is 10.5. The van der Waals surface area contributed by atoms with Crippen LogP contribution in [0, 0.1) is 23.7 Å². The molecule has 0 amide bonds. The number of benzene rings is 6. The first-order valence-corrected chi connectivity index (χ1v) is 21.9. The van der Waals surface area contributed by atoms with Gasteiger partial charge in [-0.15, -0.1) is 0 Å². The van der Waals surface area contributed by atoms with Crippen LogP contribution in [-0.2, 0) is 6.61 Å². The minimum Gasteiger partial charge on any atom is -0.493 e. The Kier molecular flexibility index (Phi) is 10.8. The van der Waals surface area contributed by atoms with Crippen molar-refractivity contribution in [2.45, 2.75) is 109 Å². The van der Waals surface area contributed by atoms with Crippen molar-refractivity contribution in [1.82, 2.24) is 0 Å². The summed E-state index contributed by atoms with van der Waals surface area (Å²) in [6, 6.07) is 46.7. The number of hydrogen-bond acceptors (Lipinski definition) is 3. The zero-order valence-electron chi connectivity index (χ0n) is 34.5. The summed E-state index contributed by atoms with van der Waals surface area (Å²) >= 11 is 0. The maximum Gasteiger partial charge on any atom is 0.120 e. The molecule has 0 saturated heterocycles. The minimum absolute atomic E-state index is 0.0752. The SMILES string of the molecule is CC(C)COc1ccc(C(C)CC(CC(C)c2ccc(COc3ccc4cc5ccccc5cc4c3)cc2)c2ccc(OC34CC5CC(CC(C5)C3)C4)cc2)cc1. The van der Waals surface area contributed by atoms with Gasteiger partial charge in [-0.1, -0.05) is 107 Å². The molecule has 0 radical (unpaired) electrons. The molecule has 3 unspecified atom stereocenters. The van der Waals surface area contributed by atoms with Crippen molar-refractivity contribution in [3.63, 3.8) is 0 Å². The molecule has 0 heterocycles. The van der Waals surface area contributed by atoms with Gasteiger partial charge in [0.1, 0.15) is 29.5 Å². The third-order valence-electron chi connectivity index (χ3n) is 13.6. The Morgan fingerprint density at radius 1 is 0.509 bits per heavy atom. The van der Waals surface area contributed by atoms with Gasteiger partial charge in [0, 0.05) is 0 Å². The second-order valence-electron chi connectivity index (χ2n) is 18.8. The molecule has 4 saturated carbocycles. The molecule has 0 aromatic heterocycles. The smallest absolute Gasteiger partial charge is 0.120 e. The van der Waals surface area contributed by atoms with Crippen LogP contribution in [0.15, 0.2) is 127 Å². The molecule has 0 spiro atoms. The number of hydrogen-bond donors (Lipinski definition) is 0. The van der Waals surface area contributed by atoms with Crippen LogP contribution in [0.1, 0.15) is 119 Å². The van der Waals surface area contributed by atoms with Crippen LogP contribution < -0.4 is 14.2 Å². The fourth-order valence-electron chi connectivity index (χ4n) is 11.0. The molecule has 294 valence electrons. The van der Waals surface area contributed by atoms with Crippen LogP contribution in [0.5, 0.6) is 17.2 Å². The Morgan fingerprint density at radius 3 is 1.61 bits per heavy atom. The number of ether oxygens (including phenoxy) is 3. The first-order valence-electron chi connectivity index (χ1n) is 21.9. The Hall–Kier alpha value is -4.76.